The van der Waals surface area contributed by atoms with Crippen molar-refractivity contribution in [1.29, 1.82) is 0 Å². The van der Waals surface area contributed by atoms with Gasteiger partial charge in [0.2, 0.25) is 0 Å². The van der Waals surface area contributed by atoms with Crippen LogP contribution in [0.4, 0.5) is 18.9 Å². The van der Waals surface area contributed by atoms with E-state index in [-0.39, 0.29) is 16.1 Å². The highest BCUT2D eigenvalue weighted by Gasteiger charge is 2.43. The first-order chi connectivity index (χ1) is 15.2. The number of nitrogens with zero attached hydrogens (tertiary/aromatic N) is 2. The van der Waals surface area contributed by atoms with Crippen LogP contribution in [0.1, 0.15) is 44.4 Å². The average Bonchev–Trinajstić information content (AvgIpc) is 2.67. The second-order valence-electron chi connectivity index (χ2n) is 9.04. The van der Waals surface area contributed by atoms with Crippen molar-refractivity contribution in [2.75, 3.05) is 17.5 Å². The van der Waals surface area contributed by atoms with Crippen LogP contribution >= 0.6 is 0 Å². The fourth-order valence-corrected chi connectivity index (χ4v) is 5.19. The molecule has 0 aromatic heterocycles. The van der Waals surface area contributed by atoms with Crippen LogP contribution in [0.5, 0.6) is 0 Å². The van der Waals surface area contributed by atoms with Gasteiger partial charge in [-0.25, -0.2) is 8.42 Å². The molecule has 33 heavy (non-hydrogen) atoms. The zero-order valence-electron chi connectivity index (χ0n) is 18.9. The van der Waals surface area contributed by atoms with Crippen molar-refractivity contribution >= 4 is 21.7 Å². The third-order valence-electron chi connectivity index (χ3n) is 5.10. The molecule has 6 nitrogen and oxygen atoms in total. The summed E-state index contributed by atoms with van der Waals surface area (Å²) in [4.78, 5) is 13.7. The number of benzene rings is 2. The van der Waals surface area contributed by atoms with E-state index in [1.54, 1.807) is 45.0 Å². The molecule has 0 aliphatic carbocycles. The Bertz CT molecular complexity index is 1110. The summed E-state index contributed by atoms with van der Waals surface area (Å²) in [5, 5.41) is 0. The summed E-state index contributed by atoms with van der Waals surface area (Å²) in [5.41, 5.74) is 0.371. The van der Waals surface area contributed by atoms with Crippen LogP contribution in [0.3, 0.4) is 0 Å². The van der Waals surface area contributed by atoms with Gasteiger partial charge in [0.05, 0.1) is 30.2 Å². The minimum Gasteiger partial charge on any atom is -0.459 e. The quantitative estimate of drug-likeness (QED) is 0.571. The van der Waals surface area contributed by atoms with E-state index >= 15 is 0 Å². The van der Waals surface area contributed by atoms with Crippen LogP contribution in [-0.4, -0.2) is 44.3 Å². The molecule has 0 N–H and O–H groups in total. The molecule has 0 spiro atoms. The minimum absolute atomic E-state index is 0.00870. The van der Waals surface area contributed by atoms with E-state index in [1.165, 1.54) is 29.2 Å². The molecule has 0 amide bonds. The van der Waals surface area contributed by atoms with Gasteiger partial charge in [0.1, 0.15) is 5.60 Å². The lowest BCUT2D eigenvalue weighted by molar-refractivity contribution is -0.163. The molecular weight excluding hydrogens is 457 g/mol. The standard InChI is InChI=1S/C23H27F3N2O4S/c1-16-9-11-17(12-10-16)33(30,31)28-15-27(14-21(29)32-22(2,3)4)20(13-23(24,25)26)18-7-5-6-8-19(18)28/h5-12,20H,13-15H2,1-4H3/t20-/m1/s1. The Hall–Kier alpha value is -2.59. The van der Waals surface area contributed by atoms with Gasteiger partial charge >= 0.3 is 12.1 Å². The number of halogens is 3. The molecule has 2 aromatic carbocycles. The molecule has 0 saturated carbocycles. The Kier molecular flexibility index (Phi) is 6.82. The van der Waals surface area contributed by atoms with E-state index in [9.17, 15) is 26.4 Å². The van der Waals surface area contributed by atoms with Crippen LogP contribution in [0.2, 0.25) is 0 Å². The van der Waals surface area contributed by atoms with E-state index in [4.69, 9.17) is 4.74 Å². The van der Waals surface area contributed by atoms with E-state index < -0.39 is 53.4 Å². The zero-order chi connectivity index (χ0) is 24.6. The molecule has 1 atom stereocenters. The number of aryl methyl sites for hydroxylation is 1. The lowest BCUT2D eigenvalue weighted by Crippen LogP contribution is -2.50. The fraction of sp³-hybridized carbons (Fsp3) is 0.435. The van der Waals surface area contributed by atoms with Crippen molar-refractivity contribution < 1.29 is 31.1 Å². The van der Waals surface area contributed by atoms with Crippen LogP contribution in [0.25, 0.3) is 0 Å². The highest BCUT2D eigenvalue weighted by atomic mass is 32.2. The van der Waals surface area contributed by atoms with Gasteiger partial charge in [0, 0.05) is 6.04 Å². The van der Waals surface area contributed by atoms with E-state index in [0.717, 1.165) is 9.87 Å². The number of para-hydroxylation sites is 1. The number of sulfonamides is 1. The Morgan fingerprint density at radius 1 is 1.06 bits per heavy atom. The van der Waals surface area contributed by atoms with Crippen LogP contribution in [0, 0.1) is 6.92 Å². The van der Waals surface area contributed by atoms with Crippen molar-refractivity contribution in [3.05, 3.63) is 59.7 Å². The molecule has 2 aromatic rings. The summed E-state index contributed by atoms with van der Waals surface area (Å²) in [6.45, 7) is 5.85. The monoisotopic (exact) mass is 484 g/mol. The van der Waals surface area contributed by atoms with Crippen LogP contribution in [0.15, 0.2) is 53.4 Å². The van der Waals surface area contributed by atoms with Gasteiger partial charge in [0.25, 0.3) is 10.0 Å². The van der Waals surface area contributed by atoms with Crippen molar-refractivity contribution in [2.24, 2.45) is 0 Å². The number of carbonyl (C=O) groups excluding carboxylic acids is 1. The summed E-state index contributed by atoms with van der Waals surface area (Å²) < 4.78 is 73.7. The second-order valence-corrected chi connectivity index (χ2v) is 10.9. The predicted molar refractivity (Wildman–Crippen MR) is 118 cm³/mol. The lowest BCUT2D eigenvalue weighted by Gasteiger charge is -2.43. The first-order valence-corrected chi connectivity index (χ1v) is 11.8. The number of carbonyl (C=O) groups is 1. The summed E-state index contributed by atoms with van der Waals surface area (Å²) in [5.74, 6) is -0.735. The molecule has 10 heteroatoms. The number of hydrogen-bond donors (Lipinski definition) is 0. The van der Waals surface area contributed by atoms with Crippen molar-refractivity contribution in [1.82, 2.24) is 4.90 Å². The highest BCUT2D eigenvalue weighted by Crippen LogP contribution is 2.43. The number of rotatable bonds is 5. The number of fused-ring (bicyclic) bond motifs is 1. The predicted octanol–water partition coefficient (Wildman–Crippen LogP) is 4.80. The van der Waals surface area contributed by atoms with Crippen molar-refractivity contribution in [3.63, 3.8) is 0 Å². The summed E-state index contributed by atoms with van der Waals surface area (Å²) >= 11 is 0. The minimum atomic E-state index is -4.53. The topological polar surface area (TPSA) is 66.9 Å². The molecule has 1 aliphatic heterocycles. The summed E-state index contributed by atoms with van der Waals surface area (Å²) in [7, 11) is -4.10. The molecule has 0 bridgehead atoms. The smallest absolute Gasteiger partial charge is 0.390 e. The van der Waals surface area contributed by atoms with Crippen molar-refractivity contribution in [2.45, 2.75) is 56.8 Å². The molecule has 0 saturated heterocycles. The first-order valence-electron chi connectivity index (χ1n) is 10.4. The number of hydrogen-bond acceptors (Lipinski definition) is 5. The van der Waals surface area contributed by atoms with Gasteiger partial charge in [-0.15, -0.1) is 0 Å². The molecule has 0 fully saturated rings. The Morgan fingerprint density at radius 3 is 2.24 bits per heavy atom. The molecule has 0 unspecified atom stereocenters. The summed E-state index contributed by atoms with van der Waals surface area (Å²) in [6, 6.07) is 11.0. The maximum absolute atomic E-state index is 13.5. The zero-order valence-corrected chi connectivity index (χ0v) is 19.7. The summed E-state index contributed by atoms with van der Waals surface area (Å²) in [6.07, 6.45) is -5.76. The number of esters is 1. The van der Waals surface area contributed by atoms with Gasteiger partial charge in [-0.2, -0.15) is 13.2 Å². The van der Waals surface area contributed by atoms with Crippen LogP contribution in [-0.2, 0) is 19.6 Å². The second kappa shape index (κ2) is 8.98. The first kappa shape index (κ1) is 25.0. The van der Waals surface area contributed by atoms with Gasteiger partial charge < -0.3 is 4.74 Å². The number of ether oxygens (including phenoxy) is 1. The van der Waals surface area contributed by atoms with Gasteiger partial charge in [0.15, 0.2) is 0 Å². The van der Waals surface area contributed by atoms with Gasteiger partial charge in [-0.3, -0.25) is 14.0 Å². The third kappa shape index (κ3) is 6.05. The molecule has 1 aliphatic rings. The molecule has 3 rings (SSSR count). The molecule has 0 radical (unpaired) electrons. The van der Waals surface area contributed by atoms with Crippen LogP contribution < -0.4 is 4.31 Å². The highest BCUT2D eigenvalue weighted by molar-refractivity contribution is 7.92. The Balaban J connectivity index is 2.07. The van der Waals surface area contributed by atoms with E-state index in [1.807, 2.05) is 6.92 Å². The van der Waals surface area contributed by atoms with E-state index in [2.05, 4.69) is 0 Å². The third-order valence-corrected chi connectivity index (χ3v) is 6.86. The van der Waals surface area contributed by atoms with Gasteiger partial charge in [-0.05, 0) is 51.5 Å². The lowest BCUT2D eigenvalue weighted by atomic mass is 9.98. The average molecular weight is 485 g/mol. The maximum Gasteiger partial charge on any atom is 0.390 e. The van der Waals surface area contributed by atoms with E-state index in [0.29, 0.717) is 0 Å². The fourth-order valence-electron chi connectivity index (χ4n) is 3.73. The van der Waals surface area contributed by atoms with Gasteiger partial charge in [-0.1, -0.05) is 35.9 Å². The molecule has 180 valence electrons. The van der Waals surface area contributed by atoms with Crippen molar-refractivity contribution in [3.8, 4) is 0 Å². The molecule has 1 heterocycles. The maximum atomic E-state index is 13.5. The number of anilines is 1. The normalized spacial score (nSPS) is 17.5. The largest absolute Gasteiger partial charge is 0.459 e. The SMILES string of the molecule is Cc1ccc(S(=O)(=O)N2CN(CC(=O)OC(C)(C)C)[C@H](CC(F)(F)F)c3ccccc32)cc1. The Labute approximate surface area is 192 Å². The Morgan fingerprint density at radius 2 is 1.67 bits per heavy atom. The molecular formula is C23H27F3N2O4S. The number of alkyl halides is 3.